The number of halogens is 1. The van der Waals surface area contributed by atoms with E-state index in [0.717, 1.165) is 26.1 Å². The Morgan fingerprint density at radius 1 is 0.867 bits per heavy atom. The van der Waals surface area contributed by atoms with E-state index in [1.54, 1.807) is 11.3 Å². The van der Waals surface area contributed by atoms with Gasteiger partial charge in [0, 0.05) is 21.6 Å². The molecule has 0 saturated heterocycles. The molecular formula is C25H20BrN3S. The van der Waals surface area contributed by atoms with Gasteiger partial charge < -0.3 is 0 Å². The Morgan fingerprint density at radius 3 is 2.30 bits per heavy atom. The number of rotatable bonds is 6. The first kappa shape index (κ1) is 20.3. The van der Waals surface area contributed by atoms with Gasteiger partial charge in [-0.2, -0.15) is 5.10 Å². The van der Waals surface area contributed by atoms with Gasteiger partial charge in [0.2, 0.25) is 4.80 Å². The molecule has 3 aromatic carbocycles. The van der Waals surface area contributed by atoms with Crippen LogP contribution in [0.2, 0.25) is 0 Å². The molecule has 4 aromatic rings. The zero-order chi connectivity index (χ0) is 20.6. The van der Waals surface area contributed by atoms with Crippen LogP contribution in [0.5, 0.6) is 0 Å². The highest BCUT2D eigenvalue weighted by molar-refractivity contribution is 9.10. The van der Waals surface area contributed by atoms with Crippen LogP contribution in [0.15, 0.2) is 111 Å². The minimum Gasteiger partial charge on any atom is -0.253 e. The first-order chi connectivity index (χ1) is 14.8. The lowest BCUT2D eigenvalue weighted by Crippen LogP contribution is -2.12. The van der Waals surface area contributed by atoms with Crippen LogP contribution in [0.3, 0.4) is 0 Å². The van der Waals surface area contributed by atoms with Crippen molar-refractivity contribution in [2.45, 2.75) is 6.54 Å². The van der Waals surface area contributed by atoms with Crippen molar-refractivity contribution in [3.8, 4) is 11.3 Å². The Balaban J connectivity index is 1.67. The van der Waals surface area contributed by atoms with E-state index in [2.05, 4.69) is 57.7 Å². The molecule has 0 saturated carbocycles. The summed E-state index contributed by atoms with van der Waals surface area (Å²) in [5, 5.41) is 6.80. The first-order valence-electron chi connectivity index (χ1n) is 9.56. The summed E-state index contributed by atoms with van der Waals surface area (Å²) in [6.45, 7) is 0.622. The van der Waals surface area contributed by atoms with E-state index in [1.165, 1.54) is 5.56 Å². The number of aromatic nitrogens is 1. The summed E-state index contributed by atoms with van der Waals surface area (Å²) in [7, 11) is 0. The van der Waals surface area contributed by atoms with E-state index in [-0.39, 0.29) is 0 Å². The van der Waals surface area contributed by atoms with Crippen molar-refractivity contribution in [1.29, 1.82) is 0 Å². The van der Waals surface area contributed by atoms with Crippen LogP contribution in [-0.2, 0) is 6.54 Å². The lowest BCUT2D eigenvalue weighted by atomic mass is 10.2. The minimum absolute atomic E-state index is 0.622. The van der Waals surface area contributed by atoms with Gasteiger partial charge in [0.05, 0.1) is 12.2 Å². The third-order valence-electron chi connectivity index (χ3n) is 4.42. The van der Waals surface area contributed by atoms with E-state index < -0.39 is 0 Å². The quantitative estimate of drug-likeness (QED) is 0.281. The molecule has 0 amide bonds. The van der Waals surface area contributed by atoms with Crippen LogP contribution in [0.25, 0.3) is 17.3 Å². The number of allylic oxidation sites excluding steroid dienone is 1. The van der Waals surface area contributed by atoms with Gasteiger partial charge in [0.15, 0.2) is 0 Å². The van der Waals surface area contributed by atoms with Crippen molar-refractivity contribution >= 4 is 39.6 Å². The lowest BCUT2D eigenvalue weighted by molar-refractivity contribution is 0.825. The van der Waals surface area contributed by atoms with Crippen LogP contribution in [0.4, 0.5) is 0 Å². The second-order valence-corrected chi connectivity index (χ2v) is 8.31. The molecular weight excluding hydrogens is 454 g/mol. The fourth-order valence-corrected chi connectivity index (χ4v) is 4.01. The van der Waals surface area contributed by atoms with Crippen molar-refractivity contribution in [2.24, 2.45) is 10.1 Å². The number of hydrogen-bond donors (Lipinski definition) is 0. The molecule has 5 heteroatoms. The molecule has 0 unspecified atom stereocenters. The Hall–Kier alpha value is -3.02. The molecule has 0 atom stereocenters. The van der Waals surface area contributed by atoms with Gasteiger partial charge in [-0.15, -0.1) is 11.3 Å². The molecule has 0 aliphatic rings. The summed E-state index contributed by atoms with van der Waals surface area (Å²) < 4.78 is 2.96. The number of benzene rings is 3. The lowest BCUT2D eigenvalue weighted by Gasteiger charge is -2.03. The fourth-order valence-electron chi connectivity index (χ4n) is 2.90. The highest BCUT2D eigenvalue weighted by Gasteiger charge is 2.07. The minimum atomic E-state index is 0.622. The Labute approximate surface area is 188 Å². The second kappa shape index (κ2) is 10.1. The average molecular weight is 474 g/mol. The third kappa shape index (κ3) is 5.32. The third-order valence-corrected chi connectivity index (χ3v) is 5.80. The van der Waals surface area contributed by atoms with Crippen molar-refractivity contribution < 1.29 is 0 Å². The molecule has 3 nitrogen and oxygen atoms in total. The van der Waals surface area contributed by atoms with Gasteiger partial charge in [-0.1, -0.05) is 94.8 Å². The average Bonchev–Trinajstić information content (AvgIpc) is 3.20. The van der Waals surface area contributed by atoms with Crippen LogP contribution in [0, 0.1) is 0 Å². The van der Waals surface area contributed by atoms with Crippen LogP contribution < -0.4 is 4.80 Å². The van der Waals surface area contributed by atoms with Crippen LogP contribution in [-0.4, -0.2) is 10.9 Å². The molecule has 0 radical (unpaired) electrons. The summed E-state index contributed by atoms with van der Waals surface area (Å²) in [6, 6.07) is 28.7. The van der Waals surface area contributed by atoms with Gasteiger partial charge in [0.25, 0.3) is 0 Å². The van der Waals surface area contributed by atoms with E-state index in [9.17, 15) is 0 Å². The highest BCUT2D eigenvalue weighted by Crippen LogP contribution is 2.22. The zero-order valence-corrected chi connectivity index (χ0v) is 18.6. The summed E-state index contributed by atoms with van der Waals surface area (Å²) in [5.41, 5.74) is 4.43. The summed E-state index contributed by atoms with van der Waals surface area (Å²) in [6.07, 6.45) is 5.80. The molecule has 4 rings (SSSR count). The Bertz CT molecular complexity index is 1200. The predicted molar refractivity (Wildman–Crippen MR) is 131 cm³/mol. The topological polar surface area (TPSA) is 29.6 Å². The molecule has 0 spiro atoms. The van der Waals surface area contributed by atoms with Gasteiger partial charge in [-0.25, -0.2) is 4.68 Å². The van der Waals surface area contributed by atoms with E-state index in [4.69, 9.17) is 10.1 Å². The summed E-state index contributed by atoms with van der Waals surface area (Å²) >= 11 is 5.10. The molecule has 1 heterocycles. The molecule has 0 bridgehead atoms. The van der Waals surface area contributed by atoms with E-state index in [1.807, 2.05) is 71.6 Å². The SMILES string of the molecule is Brc1ccc(-c2csc(=NCc3ccccc3)n2/N=C\C=C\c2ccccc2)cc1. The standard InChI is InChI=1S/C25H20BrN3S/c26-23-15-13-22(14-16-23)24-19-30-25(27-18-21-10-5-2-6-11-21)29(24)28-17-7-12-20-8-3-1-4-9-20/h1-17,19H,18H2/b12-7+,27-25?,28-17-. The van der Waals surface area contributed by atoms with E-state index in [0.29, 0.717) is 6.54 Å². The van der Waals surface area contributed by atoms with Gasteiger partial charge >= 0.3 is 0 Å². The van der Waals surface area contributed by atoms with Gasteiger partial charge in [-0.05, 0) is 29.3 Å². The Kier molecular flexibility index (Phi) is 6.85. The highest BCUT2D eigenvalue weighted by atomic mass is 79.9. The molecule has 0 fully saturated rings. The molecule has 0 N–H and O–H groups in total. The monoisotopic (exact) mass is 473 g/mol. The maximum absolute atomic E-state index is 4.81. The maximum atomic E-state index is 4.81. The molecule has 0 aliphatic carbocycles. The number of nitrogens with zero attached hydrogens (tertiary/aromatic N) is 3. The molecule has 0 aliphatic heterocycles. The fraction of sp³-hybridized carbons (Fsp3) is 0.0400. The van der Waals surface area contributed by atoms with Crippen molar-refractivity contribution in [3.05, 3.63) is 117 Å². The van der Waals surface area contributed by atoms with Crippen LogP contribution in [0.1, 0.15) is 11.1 Å². The van der Waals surface area contributed by atoms with E-state index >= 15 is 0 Å². The number of hydrogen-bond acceptors (Lipinski definition) is 3. The summed E-state index contributed by atoms with van der Waals surface area (Å²) in [5.74, 6) is 0. The number of thiazole rings is 1. The van der Waals surface area contributed by atoms with Crippen molar-refractivity contribution in [1.82, 2.24) is 4.68 Å². The maximum Gasteiger partial charge on any atom is 0.206 e. The van der Waals surface area contributed by atoms with Crippen molar-refractivity contribution in [2.75, 3.05) is 0 Å². The predicted octanol–water partition coefficient (Wildman–Crippen LogP) is 6.63. The first-order valence-corrected chi connectivity index (χ1v) is 11.2. The molecule has 148 valence electrons. The second-order valence-electron chi connectivity index (χ2n) is 6.56. The molecule has 1 aromatic heterocycles. The molecule has 30 heavy (non-hydrogen) atoms. The smallest absolute Gasteiger partial charge is 0.206 e. The van der Waals surface area contributed by atoms with Crippen LogP contribution >= 0.6 is 27.3 Å². The summed E-state index contributed by atoms with van der Waals surface area (Å²) in [4.78, 5) is 5.67. The largest absolute Gasteiger partial charge is 0.253 e. The Morgan fingerprint density at radius 2 is 1.57 bits per heavy atom. The normalized spacial score (nSPS) is 12.2. The van der Waals surface area contributed by atoms with Gasteiger partial charge in [-0.3, -0.25) is 4.99 Å². The van der Waals surface area contributed by atoms with Gasteiger partial charge in [0.1, 0.15) is 0 Å². The zero-order valence-electron chi connectivity index (χ0n) is 16.2. The van der Waals surface area contributed by atoms with Crippen molar-refractivity contribution in [3.63, 3.8) is 0 Å².